The van der Waals surface area contributed by atoms with Crippen LogP contribution in [0.15, 0.2) is 18.2 Å². The van der Waals surface area contributed by atoms with Gasteiger partial charge >= 0.3 is 0 Å². The van der Waals surface area contributed by atoms with E-state index in [1.54, 1.807) is 18.2 Å². The predicted octanol–water partition coefficient (Wildman–Crippen LogP) is 2.39. The van der Waals surface area contributed by atoms with E-state index in [-0.39, 0.29) is 47.4 Å². The molecule has 6 rings (SSSR count). The Bertz CT molecular complexity index is 808. The fourth-order valence-corrected chi connectivity index (χ4v) is 5.96. The third kappa shape index (κ3) is 1.36. The van der Waals surface area contributed by atoms with Crippen molar-refractivity contribution >= 4 is 34.8 Å². The van der Waals surface area contributed by atoms with Gasteiger partial charge in [-0.15, -0.1) is 0 Å². The lowest BCUT2D eigenvalue weighted by Gasteiger charge is -2.32. The minimum atomic E-state index is -1.21. The summed E-state index contributed by atoms with van der Waals surface area (Å²) in [6, 6.07) is 4.97. The molecule has 1 aromatic carbocycles. The summed E-state index contributed by atoms with van der Waals surface area (Å²) in [5.41, 5.74) is -0.681. The Kier molecular flexibility index (Phi) is 2.22. The van der Waals surface area contributed by atoms with E-state index in [0.717, 1.165) is 6.42 Å². The van der Waals surface area contributed by atoms with E-state index in [4.69, 9.17) is 32.7 Å². The molecule has 0 spiro atoms. The Morgan fingerprint density at radius 2 is 1.83 bits per heavy atom. The molecule has 2 bridgehead atoms. The maximum atomic E-state index is 13.3. The number of halogens is 2. The normalized spacial score (nSPS) is 51.3. The first-order valence-electron chi connectivity index (χ1n) is 7.91. The van der Waals surface area contributed by atoms with Gasteiger partial charge in [0, 0.05) is 27.4 Å². The van der Waals surface area contributed by atoms with Crippen molar-refractivity contribution in [1.29, 1.82) is 0 Å². The zero-order valence-corrected chi connectivity index (χ0v) is 13.4. The van der Waals surface area contributed by atoms with Gasteiger partial charge in [-0.05, 0) is 36.5 Å². The van der Waals surface area contributed by atoms with Gasteiger partial charge in [0.05, 0.1) is 12.2 Å². The summed E-state index contributed by atoms with van der Waals surface area (Å²) in [5, 5.41) is 0.897. The Hall–Kier alpha value is -0.940. The number of rotatable bonds is 1. The summed E-state index contributed by atoms with van der Waals surface area (Å²) in [7, 11) is 0. The second-order valence-electron chi connectivity index (χ2n) is 7.30. The van der Waals surface area contributed by atoms with Gasteiger partial charge in [-0.2, -0.15) is 0 Å². The second-order valence-corrected chi connectivity index (χ2v) is 8.15. The van der Waals surface area contributed by atoms with Gasteiger partial charge in [0.1, 0.15) is 0 Å². The molecule has 0 unspecified atom stereocenters. The number of hydrogen-bond acceptors (Lipinski definition) is 4. The summed E-state index contributed by atoms with van der Waals surface area (Å²) in [6.45, 7) is 0. The first kappa shape index (κ1) is 13.4. The highest BCUT2D eigenvalue weighted by Gasteiger charge is 2.81. The van der Waals surface area contributed by atoms with E-state index in [2.05, 4.69) is 0 Å². The molecule has 0 amide bonds. The lowest BCUT2D eigenvalue weighted by atomic mass is 9.64. The average molecular weight is 351 g/mol. The number of fused-ring (bicyclic) bond motifs is 9. The van der Waals surface area contributed by atoms with Crippen LogP contribution in [0.25, 0.3) is 0 Å². The van der Waals surface area contributed by atoms with Crippen molar-refractivity contribution in [3.63, 3.8) is 0 Å². The molecule has 4 nitrogen and oxygen atoms in total. The number of ether oxygens (including phenoxy) is 2. The van der Waals surface area contributed by atoms with E-state index in [1.807, 2.05) is 0 Å². The van der Waals surface area contributed by atoms with Crippen LogP contribution in [0.1, 0.15) is 12.0 Å². The van der Waals surface area contributed by atoms with Gasteiger partial charge in [0.2, 0.25) is 0 Å². The summed E-state index contributed by atoms with van der Waals surface area (Å²) in [5.74, 6) is -0.111. The van der Waals surface area contributed by atoms with Crippen molar-refractivity contribution in [2.24, 2.45) is 23.7 Å². The van der Waals surface area contributed by atoms with Gasteiger partial charge in [-0.3, -0.25) is 9.59 Å². The molecule has 5 fully saturated rings. The minimum absolute atomic E-state index is 0.00211. The highest BCUT2D eigenvalue weighted by molar-refractivity contribution is 6.34. The number of Topliss-reactive ketones (excluding diaryl/α,β-unsaturated/α-hetero) is 2. The number of epoxide rings is 2. The first-order chi connectivity index (χ1) is 11.0. The fraction of sp³-hybridized carbons (Fsp3) is 0.529. The number of hydrogen-bond donors (Lipinski definition) is 0. The zero-order valence-electron chi connectivity index (χ0n) is 11.9. The van der Waals surface area contributed by atoms with E-state index in [1.165, 1.54) is 0 Å². The van der Waals surface area contributed by atoms with Gasteiger partial charge in [0.15, 0.2) is 23.3 Å². The second kappa shape index (κ2) is 3.83. The molecular formula is C17H12Cl2O4. The molecule has 8 atom stereocenters. The molecule has 0 aromatic heterocycles. The number of carbonyl (C=O) groups is 2. The molecule has 5 aliphatic rings. The molecule has 3 saturated carbocycles. The van der Waals surface area contributed by atoms with Crippen molar-refractivity contribution in [2.75, 3.05) is 0 Å². The van der Waals surface area contributed by atoms with Crippen molar-refractivity contribution in [3.8, 4) is 0 Å². The maximum absolute atomic E-state index is 13.3. The van der Waals surface area contributed by atoms with E-state index >= 15 is 0 Å². The van der Waals surface area contributed by atoms with E-state index in [0.29, 0.717) is 15.6 Å². The molecule has 3 aliphatic carbocycles. The molecule has 118 valence electrons. The molecule has 2 aliphatic heterocycles. The predicted molar refractivity (Wildman–Crippen MR) is 80.3 cm³/mol. The maximum Gasteiger partial charge on any atom is 0.187 e. The molecule has 0 N–H and O–H groups in total. The number of benzene rings is 1. The van der Waals surface area contributed by atoms with Crippen LogP contribution in [0.3, 0.4) is 0 Å². The number of ketones is 2. The fourth-order valence-electron chi connectivity index (χ4n) is 5.53. The standard InChI is InChI=1S/C17H12Cl2O4/c18-5-1-2-9(19)8(3-5)17-15(21)11-7-4-6(13-14(7)22-13)10(11)12(20)16(17)23-17/h1-3,6-7,10-11,13-14,16H,4H2/t6-,7-,10-,11+,13-,14+,16+,17-/m1/s1. The minimum Gasteiger partial charge on any atom is -0.369 e. The Morgan fingerprint density at radius 1 is 1.09 bits per heavy atom. The molecule has 1 aromatic rings. The van der Waals surface area contributed by atoms with Crippen LogP contribution in [0.2, 0.25) is 10.0 Å². The monoisotopic (exact) mass is 350 g/mol. The quantitative estimate of drug-likeness (QED) is 0.729. The summed E-state index contributed by atoms with van der Waals surface area (Å²) in [4.78, 5) is 26.2. The molecule has 2 heterocycles. The molecule has 2 saturated heterocycles. The van der Waals surface area contributed by atoms with Crippen LogP contribution < -0.4 is 0 Å². The van der Waals surface area contributed by atoms with Crippen LogP contribution in [-0.2, 0) is 24.7 Å². The molecule has 6 heteroatoms. The lowest BCUT2D eigenvalue weighted by Crippen LogP contribution is -2.50. The Balaban J connectivity index is 1.50. The van der Waals surface area contributed by atoms with Gasteiger partial charge in [0.25, 0.3) is 0 Å². The Labute approximate surface area is 142 Å². The molecule has 23 heavy (non-hydrogen) atoms. The molecule has 0 radical (unpaired) electrons. The SMILES string of the molecule is O=C1[C@@H]2[C@H]3C[C@@H]([C@@H]4O[C@H]34)[C@@H]2C(=O)[C@@]2(c3cc(Cl)ccc3Cl)O[C@@H]12. The third-order valence-electron chi connectivity index (χ3n) is 6.46. The summed E-state index contributed by atoms with van der Waals surface area (Å²) < 4.78 is 11.4. The van der Waals surface area contributed by atoms with Crippen LogP contribution in [0, 0.1) is 23.7 Å². The van der Waals surface area contributed by atoms with Crippen molar-refractivity contribution in [1.82, 2.24) is 0 Å². The van der Waals surface area contributed by atoms with Crippen LogP contribution in [0.5, 0.6) is 0 Å². The first-order valence-corrected chi connectivity index (χ1v) is 8.66. The average Bonchev–Trinajstić information content (AvgIpc) is 3.42. The van der Waals surface area contributed by atoms with Crippen molar-refractivity contribution in [3.05, 3.63) is 33.8 Å². The van der Waals surface area contributed by atoms with E-state index < -0.39 is 11.7 Å². The summed E-state index contributed by atoms with van der Waals surface area (Å²) in [6.07, 6.45) is 0.580. The van der Waals surface area contributed by atoms with Crippen molar-refractivity contribution < 1.29 is 19.1 Å². The van der Waals surface area contributed by atoms with Gasteiger partial charge in [-0.1, -0.05) is 23.2 Å². The highest BCUT2D eigenvalue weighted by Crippen LogP contribution is 2.68. The van der Waals surface area contributed by atoms with Crippen LogP contribution in [0.4, 0.5) is 0 Å². The van der Waals surface area contributed by atoms with Crippen LogP contribution in [-0.4, -0.2) is 29.9 Å². The number of carbonyl (C=O) groups excluding carboxylic acids is 2. The topological polar surface area (TPSA) is 59.2 Å². The summed E-state index contributed by atoms with van der Waals surface area (Å²) >= 11 is 12.4. The molecular weight excluding hydrogens is 339 g/mol. The Morgan fingerprint density at radius 3 is 2.61 bits per heavy atom. The highest BCUT2D eigenvalue weighted by atomic mass is 35.5. The van der Waals surface area contributed by atoms with Gasteiger partial charge in [-0.25, -0.2) is 0 Å². The lowest BCUT2D eigenvalue weighted by molar-refractivity contribution is -0.140. The van der Waals surface area contributed by atoms with E-state index in [9.17, 15) is 9.59 Å². The van der Waals surface area contributed by atoms with Gasteiger partial charge < -0.3 is 9.47 Å². The largest absolute Gasteiger partial charge is 0.369 e. The van der Waals surface area contributed by atoms with Crippen molar-refractivity contribution in [2.45, 2.75) is 30.3 Å². The van der Waals surface area contributed by atoms with Crippen LogP contribution >= 0.6 is 23.2 Å². The third-order valence-corrected chi connectivity index (χ3v) is 7.02. The smallest absolute Gasteiger partial charge is 0.187 e. The zero-order chi connectivity index (χ0) is 15.7.